The highest BCUT2D eigenvalue weighted by Crippen LogP contribution is 2.46. The molecule has 4 aliphatic rings. The van der Waals surface area contributed by atoms with Crippen LogP contribution in [0.15, 0.2) is 38.4 Å². The Labute approximate surface area is 214 Å². The summed E-state index contributed by atoms with van der Waals surface area (Å²) in [7, 11) is 1.54. The second kappa shape index (κ2) is 9.91. The van der Waals surface area contributed by atoms with Gasteiger partial charge in [-0.2, -0.15) is 0 Å². The molecule has 1 aromatic rings. The molecule has 0 bridgehead atoms. The average Bonchev–Trinajstić information content (AvgIpc) is 3.28. The predicted octanol–water partition coefficient (Wildman–Crippen LogP) is -0.0812. The number of hydrogen-bond donors (Lipinski definition) is 3. The summed E-state index contributed by atoms with van der Waals surface area (Å²) in [6.07, 6.45) is 7.84. The molecule has 0 radical (unpaired) electrons. The fraction of sp³-hybridized carbons (Fsp3) is 0.560. The number of piperidine rings is 1. The zero-order valence-electron chi connectivity index (χ0n) is 21.5. The van der Waals surface area contributed by atoms with Gasteiger partial charge in [0.15, 0.2) is 5.78 Å². The summed E-state index contributed by atoms with van der Waals surface area (Å²) in [5.74, 6) is 2.14. The van der Waals surface area contributed by atoms with Crippen molar-refractivity contribution in [3.63, 3.8) is 0 Å². The van der Waals surface area contributed by atoms with E-state index in [-0.39, 0.29) is 37.0 Å². The number of carbonyl (C=O) groups is 2. The highest BCUT2D eigenvalue weighted by Gasteiger charge is 2.45. The SMILES string of the molecule is CCC(=O)Cn1c(=O)c2c(n(C)c1=O)NCN2[C@@H](C)C(=O)NC1=CNCC/C=N\C(N2CC3CC3C2)=C1. The third kappa shape index (κ3) is 4.79. The molecule has 3 N–H and O–H groups in total. The number of Topliss-reactive ketones (excluding diaryl/α,β-unsaturated/α-hetero) is 1. The third-order valence-electron chi connectivity index (χ3n) is 7.56. The van der Waals surface area contributed by atoms with Gasteiger partial charge in [0.2, 0.25) is 5.91 Å². The number of aliphatic imine (C=N–C) groups is 1. The molecule has 12 nitrogen and oxygen atoms in total. The molecule has 4 heterocycles. The number of ketones is 1. The number of allylic oxidation sites excluding steroid dienone is 1. The van der Waals surface area contributed by atoms with Crippen LogP contribution in [0.4, 0.5) is 11.5 Å². The summed E-state index contributed by atoms with van der Waals surface area (Å²) in [5.41, 5.74) is -0.369. The highest BCUT2D eigenvalue weighted by molar-refractivity contribution is 5.89. The van der Waals surface area contributed by atoms with Crippen LogP contribution in [-0.2, 0) is 23.2 Å². The van der Waals surface area contributed by atoms with Gasteiger partial charge in [-0.25, -0.2) is 9.79 Å². The monoisotopic (exact) mass is 510 g/mol. The van der Waals surface area contributed by atoms with Gasteiger partial charge in [0.25, 0.3) is 5.56 Å². The average molecular weight is 511 g/mol. The summed E-state index contributed by atoms with van der Waals surface area (Å²) < 4.78 is 2.25. The first kappa shape index (κ1) is 24.8. The van der Waals surface area contributed by atoms with Gasteiger partial charge >= 0.3 is 5.69 Å². The maximum atomic E-state index is 13.4. The smallest absolute Gasteiger partial charge is 0.332 e. The molecule has 1 saturated heterocycles. The molecule has 1 amide bonds. The number of nitrogens with one attached hydrogen (secondary N) is 3. The van der Waals surface area contributed by atoms with Crippen molar-refractivity contribution in [1.82, 2.24) is 24.7 Å². The number of nitrogens with zero attached hydrogens (tertiary/aromatic N) is 5. The molecule has 2 fully saturated rings. The summed E-state index contributed by atoms with van der Waals surface area (Å²) >= 11 is 0. The Morgan fingerprint density at radius 1 is 1.24 bits per heavy atom. The number of fused-ring (bicyclic) bond motifs is 2. The van der Waals surface area contributed by atoms with Crippen molar-refractivity contribution in [3.05, 3.63) is 44.6 Å². The molecular formula is C25H34N8O4. The first-order chi connectivity index (χ1) is 17.8. The number of likely N-dealkylation sites (tertiary alicyclic amines) is 1. The third-order valence-corrected chi connectivity index (χ3v) is 7.56. The number of anilines is 2. The number of amides is 1. The molecule has 1 saturated carbocycles. The van der Waals surface area contributed by atoms with Gasteiger partial charge in [-0.3, -0.25) is 23.5 Å². The van der Waals surface area contributed by atoms with E-state index in [1.54, 1.807) is 24.9 Å². The van der Waals surface area contributed by atoms with Gasteiger partial charge in [0.05, 0.1) is 18.9 Å². The van der Waals surface area contributed by atoms with E-state index in [4.69, 9.17) is 0 Å². The first-order valence-corrected chi connectivity index (χ1v) is 12.9. The molecule has 0 aromatic carbocycles. The van der Waals surface area contributed by atoms with Crippen molar-refractivity contribution in [3.8, 4) is 0 Å². The Morgan fingerprint density at radius 2 is 2.00 bits per heavy atom. The van der Waals surface area contributed by atoms with E-state index in [2.05, 4.69) is 25.8 Å². The molecule has 198 valence electrons. The lowest BCUT2D eigenvalue weighted by Gasteiger charge is -2.25. The van der Waals surface area contributed by atoms with Crippen molar-refractivity contribution in [2.75, 3.05) is 36.5 Å². The van der Waals surface area contributed by atoms with E-state index >= 15 is 0 Å². The summed E-state index contributed by atoms with van der Waals surface area (Å²) in [5, 5.41) is 9.25. The minimum Gasteiger partial charge on any atom is -0.389 e. The van der Waals surface area contributed by atoms with E-state index in [1.165, 1.54) is 18.0 Å². The van der Waals surface area contributed by atoms with Crippen LogP contribution < -0.4 is 32.1 Å². The summed E-state index contributed by atoms with van der Waals surface area (Å²) in [4.78, 5) is 60.0. The maximum absolute atomic E-state index is 13.4. The second-order valence-electron chi connectivity index (χ2n) is 10.1. The lowest BCUT2D eigenvalue weighted by molar-refractivity contribution is -0.121. The topological polar surface area (TPSA) is 133 Å². The maximum Gasteiger partial charge on any atom is 0.332 e. The first-order valence-electron chi connectivity index (χ1n) is 12.9. The Kier molecular flexibility index (Phi) is 6.65. The van der Waals surface area contributed by atoms with Crippen LogP contribution in [0, 0.1) is 11.8 Å². The van der Waals surface area contributed by atoms with Gasteiger partial charge in [-0.15, -0.1) is 0 Å². The Bertz CT molecular complexity index is 1310. The number of hydrogen-bond acceptors (Lipinski definition) is 9. The standard InChI is InChI=1S/C25H34N8O4/c1-4-19(34)13-32-24(36)21-22(30(3)25(32)37)28-14-33(21)15(2)23(35)29-18-9-20(27-7-5-6-26-10-18)31-11-16-8-17(16)12-31/h7,9-10,15-17,26,28H,4-6,8,11-14H2,1-3H3,(H,29,35)/b18-10?,20-9?,27-7-/t15-,16?,17?/m0/s1. The lowest BCUT2D eigenvalue weighted by Crippen LogP contribution is -2.48. The molecule has 5 rings (SSSR count). The van der Waals surface area contributed by atoms with Crippen LogP contribution in [0.5, 0.6) is 0 Å². The predicted molar refractivity (Wildman–Crippen MR) is 140 cm³/mol. The lowest BCUT2D eigenvalue weighted by atomic mass is 10.2. The zero-order valence-corrected chi connectivity index (χ0v) is 21.5. The van der Waals surface area contributed by atoms with Crippen LogP contribution in [0.2, 0.25) is 0 Å². The van der Waals surface area contributed by atoms with Crippen LogP contribution in [0.1, 0.15) is 33.1 Å². The quantitative estimate of drug-likeness (QED) is 0.464. The fourth-order valence-electron chi connectivity index (χ4n) is 5.13. The number of rotatable bonds is 7. The molecule has 3 atom stereocenters. The Balaban J connectivity index is 1.38. The van der Waals surface area contributed by atoms with Gasteiger partial charge < -0.3 is 25.8 Å². The van der Waals surface area contributed by atoms with E-state index in [0.717, 1.165) is 41.7 Å². The van der Waals surface area contributed by atoms with Crippen molar-refractivity contribution >= 4 is 29.4 Å². The summed E-state index contributed by atoms with van der Waals surface area (Å²) in [6, 6.07) is -0.734. The van der Waals surface area contributed by atoms with E-state index in [0.29, 0.717) is 18.1 Å². The number of aromatic nitrogens is 2. The second-order valence-corrected chi connectivity index (χ2v) is 10.1. The van der Waals surface area contributed by atoms with Crippen LogP contribution in [0.3, 0.4) is 0 Å². The molecule has 0 spiro atoms. The molecule has 37 heavy (non-hydrogen) atoms. The van der Waals surface area contributed by atoms with Crippen LogP contribution >= 0.6 is 0 Å². The Morgan fingerprint density at radius 3 is 2.73 bits per heavy atom. The fourth-order valence-corrected chi connectivity index (χ4v) is 5.13. The van der Waals surface area contributed by atoms with Crippen molar-refractivity contribution in [2.24, 2.45) is 23.9 Å². The number of carbonyl (C=O) groups excluding carboxylic acids is 2. The van der Waals surface area contributed by atoms with Crippen molar-refractivity contribution in [2.45, 2.75) is 45.7 Å². The minimum atomic E-state index is -0.734. The molecule has 1 aromatic heterocycles. The van der Waals surface area contributed by atoms with Crippen molar-refractivity contribution < 1.29 is 9.59 Å². The minimum absolute atomic E-state index is 0.178. The highest BCUT2D eigenvalue weighted by atomic mass is 16.2. The van der Waals surface area contributed by atoms with Gasteiger partial charge in [0.1, 0.15) is 23.4 Å². The van der Waals surface area contributed by atoms with E-state index < -0.39 is 17.3 Å². The van der Waals surface area contributed by atoms with Crippen molar-refractivity contribution in [1.29, 1.82) is 0 Å². The zero-order chi connectivity index (χ0) is 26.3. The molecule has 1 aliphatic carbocycles. The normalized spacial score (nSPS) is 23.8. The van der Waals surface area contributed by atoms with Crippen LogP contribution in [-0.4, -0.2) is 64.3 Å². The molecule has 3 aliphatic heterocycles. The molecular weight excluding hydrogens is 476 g/mol. The largest absolute Gasteiger partial charge is 0.389 e. The van der Waals surface area contributed by atoms with E-state index in [1.807, 2.05) is 12.3 Å². The van der Waals surface area contributed by atoms with Gasteiger partial charge in [0, 0.05) is 58.0 Å². The Hall–Kier alpha value is -3.83. The van der Waals surface area contributed by atoms with Gasteiger partial charge in [-0.1, -0.05) is 6.92 Å². The van der Waals surface area contributed by atoms with Gasteiger partial charge in [-0.05, 0) is 25.2 Å². The van der Waals surface area contributed by atoms with E-state index in [9.17, 15) is 19.2 Å². The molecule has 12 heteroatoms. The summed E-state index contributed by atoms with van der Waals surface area (Å²) in [6.45, 7) is 5.94. The van der Waals surface area contributed by atoms with Crippen LogP contribution in [0.25, 0.3) is 0 Å². The molecule has 2 unspecified atom stereocenters.